The summed E-state index contributed by atoms with van der Waals surface area (Å²) in [6.07, 6.45) is 0.396. The van der Waals surface area contributed by atoms with Crippen LogP contribution in [0.1, 0.15) is 13.3 Å². The third kappa shape index (κ3) is 10.9. The first-order chi connectivity index (χ1) is 6.77. The van der Waals surface area contributed by atoms with Gasteiger partial charge in [0, 0.05) is 6.92 Å². The van der Waals surface area contributed by atoms with E-state index in [1.165, 1.54) is 6.92 Å². The predicted molar refractivity (Wildman–Crippen MR) is 48.5 cm³/mol. The third-order valence-corrected chi connectivity index (χ3v) is 1.26. The lowest BCUT2D eigenvalue weighted by atomic mass is 10.5. The van der Waals surface area contributed by atoms with Crippen LogP contribution in [0.3, 0.4) is 0 Å². The summed E-state index contributed by atoms with van der Waals surface area (Å²) in [7, 11) is 0. The standard InChI is InChI=1S/C9H15NO4/c1-9(11)14-8-7-13-6-5-12-4-2-3-10/h2,4-8H2,1H3. The minimum absolute atomic E-state index is 0.271. The van der Waals surface area contributed by atoms with Crippen LogP contribution in [0.4, 0.5) is 0 Å². The Kier molecular flexibility index (Phi) is 9.17. The van der Waals surface area contributed by atoms with E-state index in [0.29, 0.717) is 32.8 Å². The van der Waals surface area contributed by atoms with Crippen LogP contribution in [-0.4, -0.2) is 39.0 Å². The molecule has 0 spiro atoms. The van der Waals surface area contributed by atoms with Crippen LogP contribution in [-0.2, 0) is 19.0 Å². The molecule has 0 atom stereocenters. The number of esters is 1. The van der Waals surface area contributed by atoms with Crippen LogP contribution in [0.5, 0.6) is 0 Å². The lowest BCUT2D eigenvalue weighted by molar-refractivity contribution is -0.142. The number of ether oxygens (including phenoxy) is 3. The molecular weight excluding hydrogens is 186 g/mol. The molecule has 5 heteroatoms. The number of hydrogen-bond acceptors (Lipinski definition) is 5. The average molecular weight is 201 g/mol. The third-order valence-electron chi connectivity index (χ3n) is 1.26. The summed E-state index contributed by atoms with van der Waals surface area (Å²) < 4.78 is 14.8. The van der Waals surface area contributed by atoms with Crippen molar-refractivity contribution in [3.8, 4) is 6.07 Å². The lowest BCUT2D eigenvalue weighted by Crippen LogP contribution is -2.11. The normalized spacial score (nSPS) is 9.43. The molecule has 80 valence electrons. The monoisotopic (exact) mass is 201 g/mol. The van der Waals surface area contributed by atoms with Crippen molar-refractivity contribution in [3.63, 3.8) is 0 Å². The zero-order valence-electron chi connectivity index (χ0n) is 8.32. The number of nitriles is 1. The maximum Gasteiger partial charge on any atom is 0.302 e. The maximum atomic E-state index is 10.3. The molecule has 0 rings (SSSR count). The van der Waals surface area contributed by atoms with Gasteiger partial charge in [0.25, 0.3) is 0 Å². The number of hydrogen-bond donors (Lipinski definition) is 0. The fraction of sp³-hybridized carbons (Fsp3) is 0.778. The maximum absolute atomic E-state index is 10.3. The van der Waals surface area contributed by atoms with E-state index in [9.17, 15) is 4.79 Å². The van der Waals surface area contributed by atoms with Crippen LogP contribution >= 0.6 is 0 Å². The topological polar surface area (TPSA) is 68.6 Å². The summed E-state index contributed by atoms with van der Waals surface area (Å²) >= 11 is 0. The molecular formula is C9H15NO4. The minimum atomic E-state index is -0.307. The van der Waals surface area contributed by atoms with E-state index in [2.05, 4.69) is 4.74 Å². The first kappa shape index (κ1) is 12.9. The van der Waals surface area contributed by atoms with Crippen LogP contribution < -0.4 is 0 Å². The van der Waals surface area contributed by atoms with Crippen LogP contribution in [0.15, 0.2) is 0 Å². The van der Waals surface area contributed by atoms with Gasteiger partial charge >= 0.3 is 5.97 Å². The number of nitrogens with zero attached hydrogens (tertiary/aromatic N) is 1. The van der Waals surface area contributed by atoms with E-state index in [4.69, 9.17) is 14.7 Å². The molecule has 0 aliphatic heterocycles. The zero-order valence-corrected chi connectivity index (χ0v) is 8.32. The van der Waals surface area contributed by atoms with Gasteiger partial charge in [0.05, 0.1) is 38.9 Å². The highest BCUT2D eigenvalue weighted by atomic mass is 16.6. The van der Waals surface area contributed by atoms with Crippen molar-refractivity contribution in [2.75, 3.05) is 33.0 Å². The van der Waals surface area contributed by atoms with Crippen molar-refractivity contribution < 1.29 is 19.0 Å². The highest BCUT2D eigenvalue weighted by molar-refractivity contribution is 5.65. The molecule has 0 aliphatic rings. The quantitative estimate of drug-likeness (QED) is 0.422. The lowest BCUT2D eigenvalue weighted by Gasteiger charge is -2.04. The molecule has 0 saturated heterocycles. The van der Waals surface area contributed by atoms with Crippen LogP contribution in [0.25, 0.3) is 0 Å². The minimum Gasteiger partial charge on any atom is -0.463 e. The Morgan fingerprint density at radius 2 is 1.71 bits per heavy atom. The molecule has 0 radical (unpaired) electrons. The highest BCUT2D eigenvalue weighted by Crippen LogP contribution is 1.83. The molecule has 5 nitrogen and oxygen atoms in total. The van der Waals surface area contributed by atoms with Crippen LogP contribution in [0.2, 0.25) is 0 Å². The zero-order chi connectivity index (χ0) is 10.6. The molecule has 0 aromatic heterocycles. The van der Waals surface area contributed by atoms with E-state index < -0.39 is 0 Å². The number of carbonyl (C=O) groups excluding carboxylic acids is 1. The summed E-state index contributed by atoms with van der Waals surface area (Å²) in [5, 5.41) is 8.18. The van der Waals surface area contributed by atoms with Gasteiger partial charge in [-0.25, -0.2) is 0 Å². The van der Waals surface area contributed by atoms with E-state index >= 15 is 0 Å². The summed E-state index contributed by atoms with van der Waals surface area (Å²) in [5.41, 5.74) is 0. The Labute approximate surface area is 83.6 Å². The molecule has 0 heterocycles. The van der Waals surface area contributed by atoms with Gasteiger partial charge in [-0.2, -0.15) is 5.26 Å². The molecule has 0 amide bonds. The van der Waals surface area contributed by atoms with Gasteiger partial charge in [0.1, 0.15) is 6.61 Å². The second kappa shape index (κ2) is 9.96. The van der Waals surface area contributed by atoms with E-state index in [0.717, 1.165) is 0 Å². The molecule has 0 saturated carbocycles. The summed E-state index contributed by atoms with van der Waals surface area (Å²) in [4.78, 5) is 10.3. The first-order valence-corrected chi connectivity index (χ1v) is 4.43. The van der Waals surface area contributed by atoms with Gasteiger partial charge in [-0.15, -0.1) is 0 Å². The Morgan fingerprint density at radius 1 is 1.14 bits per heavy atom. The fourth-order valence-electron chi connectivity index (χ4n) is 0.684. The molecule has 0 unspecified atom stereocenters. The number of rotatable bonds is 8. The van der Waals surface area contributed by atoms with Gasteiger partial charge in [0.15, 0.2) is 0 Å². The second-order valence-corrected chi connectivity index (χ2v) is 2.47. The van der Waals surface area contributed by atoms with Gasteiger partial charge in [-0.05, 0) is 0 Å². The van der Waals surface area contributed by atoms with E-state index in [1.54, 1.807) is 0 Å². The Morgan fingerprint density at radius 3 is 2.29 bits per heavy atom. The van der Waals surface area contributed by atoms with E-state index in [-0.39, 0.29) is 12.6 Å². The summed E-state index contributed by atoms with van der Waals surface area (Å²) in [6, 6.07) is 1.97. The molecule has 0 aliphatic carbocycles. The molecule has 0 fully saturated rings. The predicted octanol–water partition coefficient (Wildman–Crippen LogP) is 0.496. The summed E-state index contributed by atoms with van der Waals surface area (Å²) in [5.74, 6) is -0.307. The Balaban J connectivity index is 2.93. The molecule has 14 heavy (non-hydrogen) atoms. The van der Waals surface area contributed by atoms with Crippen molar-refractivity contribution in [3.05, 3.63) is 0 Å². The SMILES string of the molecule is CC(=O)OCCOCCOCCC#N. The molecule has 0 bridgehead atoms. The van der Waals surface area contributed by atoms with Gasteiger partial charge < -0.3 is 14.2 Å². The molecule has 0 N–H and O–H groups in total. The van der Waals surface area contributed by atoms with Crippen molar-refractivity contribution in [2.24, 2.45) is 0 Å². The van der Waals surface area contributed by atoms with Crippen molar-refractivity contribution in [1.82, 2.24) is 0 Å². The van der Waals surface area contributed by atoms with E-state index in [1.807, 2.05) is 6.07 Å². The average Bonchev–Trinajstić information content (AvgIpc) is 2.15. The first-order valence-electron chi connectivity index (χ1n) is 4.43. The Bertz CT molecular complexity index is 188. The molecule has 0 aromatic rings. The molecule has 0 aromatic carbocycles. The Hall–Kier alpha value is -1.12. The van der Waals surface area contributed by atoms with Gasteiger partial charge in [0.2, 0.25) is 0 Å². The van der Waals surface area contributed by atoms with Crippen molar-refractivity contribution in [2.45, 2.75) is 13.3 Å². The summed E-state index contributed by atoms with van der Waals surface area (Å²) in [6.45, 7) is 3.35. The van der Waals surface area contributed by atoms with Crippen molar-refractivity contribution in [1.29, 1.82) is 5.26 Å². The number of carbonyl (C=O) groups is 1. The van der Waals surface area contributed by atoms with Crippen LogP contribution in [0, 0.1) is 11.3 Å². The van der Waals surface area contributed by atoms with Gasteiger partial charge in [-0.1, -0.05) is 0 Å². The fourth-order valence-corrected chi connectivity index (χ4v) is 0.684. The highest BCUT2D eigenvalue weighted by Gasteiger charge is 1.93. The smallest absolute Gasteiger partial charge is 0.302 e. The second-order valence-electron chi connectivity index (χ2n) is 2.47. The van der Waals surface area contributed by atoms with Gasteiger partial charge in [-0.3, -0.25) is 4.79 Å². The largest absolute Gasteiger partial charge is 0.463 e. The van der Waals surface area contributed by atoms with Crippen molar-refractivity contribution >= 4 is 5.97 Å².